The summed E-state index contributed by atoms with van der Waals surface area (Å²) in [7, 11) is 1.75. The van der Waals surface area contributed by atoms with E-state index in [2.05, 4.69) is 30.7 Å². The Morgan fingerprint density at radius 3 is 2.91 bits per heavy atom. The molecule has 0 aliphatic carbocycles. The van der Waals surface area contributed by atoms with E-state index in [9.17, 15) is 4.79 Å². The first-order valence-corrected chi connectivity index (χ1v) is 7.96. The van der Waals surface area contributed by atoms with Crippen LogP contribution < -0.4 is 4.74 Å². The number of aromatic nitrogens is 3. The van der Waals surface area contributed by atoms with Crippen LogP contribution in [0.5, 0.6) is 5.75 Å². The molecule has 7 heteroatoms. The summed E-state index contributed by atoms with van der Waals surface area (Å²) >= 11 is 3.36. The highest BCUT2D eigenvalue weighted by Crippen LogP contribution is 2.17. The molecule has 0 unspecified atom stereocenters. The second-order valence-electron chi connectivity index (χ2n) is 5.28. The molecule has 0 atom stereocenters. The van der Waals surface area contributed by atoms with Crippen LogP contribution in [-0.4, -0.2) is 39.2 Å². The topological polar surface area (TPSA) is 60.2 Å². The van der Waals surface area contributed by atoms with E-state index in [-0.39, 0.29) is 12.5 Å². The molecule has 0 bridgehead atoms. The van der Waals surface area contributed by atoms with Gasteiger partial charge in [-0.05, 0) is 30.7 Å². The highest BCUT2D eigenvalue weighted by molar-refractivity contribution is 9.10. The van der Waals surface area contributed by atoms with Crippen LogP contribution in [-0.2, 0) is 24.3 Å². The highest BCUT2D eigenvalue weighted by Gasteiger charge is 2.20. The van der Waals surface area contributed by atoms with Gasteiger partial charge < -0.3 is 14.2 Å². The molecule has 0 fully saturated rings. The first-order valence-electron chi connectivity index (χ1n) is 7.17. The number of hydrogen-bond donors (Lipinski definition) is 0. The van der Waals surface area contributed by atoms with Crippen LogP contribution in [0.15, 0.2) is 28.7 Å². The molecule has 2 aromatic rings. The van der Waals surface area contributed by atoms with Gasteiger partial charge in [0.15, 0.2) is 12.4 Å². The fourth-order valence-electron chi connectivity index (χ4n) is 2.41. The Hall–Kier alpha value is -1.89. The van der Waals surface area contributed by atoms with Crippen molar-refractivity contribution in [3.8, 4) is 5.75 Å². The number of amides is 1. The Balaban J connectivity index is 1.54. The van der Waals surface area contributed by atoms with Crippen molar-refractivity contribution in [2.24, 2.45) is 0 Å². The normalized spacial score (nSPS) is 13.0. The minimum Gasteiger partial charge on any atom is -0.484 e. The Morgan fingerprint density at radius 1 is 1.36 bits per heavy atom. The van der Waals surface area contributed by atoms with Gasteiger partial charge in [0.25, 0.3) is 5.91 Å². The Morgan fingerprint density at radius 2 is 2.14 bits per heavy atom. The first kappa shape index (κ1) is 15.0. The molecule has 0 radical (unpaired) electrons. The average molecular weight is 365 g/mol. The fraction of sp³-hybridized carbons (Fsp3) is 0.400. The zero-order chi connectivity index (χ0) is 15.5. The predicted molar refractivity (Wildman–Crippen MR) is 84.5 cm³/mol. The standard InChI is InChI=1S/C15H17BrN4O2/c1-19(9-14-18-17-13-3-2-8-20(13)14)15(21)10-22-12-6-4-11(16)5-7-12/h4-7H,2-3,8-10H2,1H3. The van der Waals surface area contributed by atoms with Gasteiger partial charge in [0.05, 0.1) is 6.54 Å². The lowest BCUT2D eigenvalue weighted by Gasteiger charge is -2.17. The van der Waals surface area contributed by atoms with Crippen molar-refractivity contribution in [3.05, 3.63) is 40.4 Å². The van der Waals surface area contributed by atoms with Gasteiger partial charge in [-0.3, -0.25) is 4.79 Å². The third-order valence-corrected chi connectivity index (χ3v) is 4.20. The number of rotatable bonds is 5. The van der Waals surface area contributed by atoms with E-state index < -0.39 is 0 Å². The van der Waals surface area contributed by atoms with Gasteiger partial charge in [-0.2, -0.15) is 0 Å². The first-order chi connectivity index (χ1) is 10.6. The van der Waals surface area contributed by atoms with E-state index in [0.717, 1.165) is 35.5 Å². The molecule has 3 rings (SSSR count). The van der Waals surface area contributed by atoms with Crippen molar-refractivity contribution in [3.63, 3.8) is 0 Å². The summed E-state index contributed by atoms with van der Waals surface area (Å²) in [6.07, 6.45) is 2.07. The van der Waals surface area contributed by atoms with Crippen molar-refractivity contribution in [2.75, 3.05) is 13.7 Å². The van der Waals surface area contributed by atoms with Gasteiger partial charge >= 0.3 is 0 Å². The van der Waals surface area contributed by atoms with Gasteiger partial charge in [0, 0.05) is 24.5 Å². The Kier molecular flexibility index (Phi) is 4.42. The van der Waals surface area contributed by atoms with Crippen LogP contribution in [0.4, 0.5) is 0 Å². The van der Waals surface area contributed by atoms with Crippen molar-refractivity contribution < 1.29 is 9.53 Å². The number of nitrogens with zero attached hydrogens (tertiary/aromatic N) is 4. The van der Waals surface area contributed by atoms with E-state index in [0.29, 0.717) is 12.3 Å². The quantitative estimate of drug-likeness (QED) is 0.814. The molecule has 0 N–H and O–H groups in total. The lowest BCUT2D eigenvalue weighted by molar-refractivity contribution is -0.132. The molecule has 1 aromatic heterocycles. The molecule has 1 amide bonds. The lowest BCUT2D eigenvalue weighted by atomic mass is 10.3. The molecule has 116 valence electrons. The molecule has 1 aromatic carbocycles. The summed E-state index contributed by atoms with van der Waals surface area (Å²) in [5.41, 5.74) is 0. The Labute approximate surface area is 137 Å². The number of ether oxygens (including phenoxy) is 1. The van der Waals surface area contributed by atoms with Gasteiger partial charge in [0.1, 0.15) is 11.6 Å². The number of fused-ring (bicyclic) bond motifs is 1. The molecule has 0 saturated carbocycles. The van der Waals surface area contributed by atoms with Crippen LogP contribution in [0.25, 0.3) is 0 Å². The van der Waals surface area contributed by atoms with Crippen LogP contribution >= 0.6 is 15.9 Å². The van der Waals surface area contributed by atoms with E-state index >= 15 is 0 Å². The number of carbonyl (C=O) groups is 1. The number of likely N-dealkylation sites (N-methyl/N-ethyl adjacent to an activating group) is 1. The third kappa shape index (κ3) is 3.30. The van der Waals surface area contributed by atoms with Crippen LogP contribution in [0.3, 0.4) is 0 Å². The SMILES string of the molecule is CN(Cc1nnc2n1CCC2)C(=O)COc1ccc(Br)cc1. The Bertz CT molecular complexity index is 669. The summed E-state index contributed by atoms with van der Waals surface area (Å²) in [6, 6.07) is 7.40. The van der Waals surface area contributed by atoms with Crippen molar-refractivity contribution >= 4 is 21.8 Å². The summed E-state index contributed by atoms with van der Waals surface area (Å²) < 4.78 is 8.57. The number of carbonyl (C=O) groups excluding carboxylic acids is 1. The minimum absolute atomic E-state index is 0.0130. The van der Waals surface area contributed by atoms with Crippen LogP contribution in [0.2, 0.25) is 0 Å². The maximum absolute atomic E-state index is 12.1. The molecule has 22 heavy (non-hydrogen) atoms. The predicted octanol–water partition coefficient (Wildman–Crippen LogP) is 2.02. The second kappa shape index (κ2) is 6.48. The molecule has 6 nitrogen and oxygen atoms in total. The summed E-state index contributed by atoms with van der Waals surface area (Å²) in [5, 5.41) is 8.31. The summed E-state index contributed by atoms with van der Waals surface area (Å²) in [5.74, 6) is 2.44. The van der Waals surface area contributed by atoms with Gasteiger partial charge in [-0.15, -0.1) is 10.2 Å². The van der Waals surface area contributed by atoms with Gasteiger partial charge in [0.2, 0.25) is 0 Å². The number of hydrogen-bond acceptors (Lipinski definition) is 4. The average Bonchev–Trinajstić information content (AvgIpc) is 3.11. The third-order valence-electron chi connectivity index (χ3n) is 3.67. The van der Waals surface area contributed by atoms with Gasteiger partial charge in [-0.25, -0.2) is 0 Å². The van der Waals surface area contributed by atoms with E-state index in [1.807, 2.05) is 24.3 Å². The monoisotopic (exact) mass is 364 g/mol. The highest BCUT2D eigenvalue weighted by atomic mass is 79.9. The second-order valence-corrected chi connectivity index (χ2v) is 6.20. The van der Waals surface area contributed by atoms with E-state index in [4.69, 9.17) is 4.74 Å². The largest absolute Gasteiger partial charge is 0.484 e. The van der Waals surface area contributed by atoms with Crippen LogP contribution in [0, 0.1) is 0 Å². The van der Waals surface area contributed by atoms with E-state index in [1.165, 1.54) is 0 Å². The van der Waals surface area contributed by atoms with Crippen molar-refractivity contribution in [1.29, 1.82) is 0 Å². The molecule has 0 spiro atoms. The maximum Gasteiger partial charge on any atom is 0.260 e. The van der Waals surface area contributed by atoms with E-state index in [1.54, 1.807) is 11.9 Å². The number of benzene rings is 1. The maximum atomic E-state index is 12.1. The zero-order valence-electron chi connectivity index (χ0n) is 12.3. The molecule has 1 aliphatic rings. The zero-order valence-corrected chi connectivity index (χ0v) is 13.9. The summed E-state index contributed by atoms with van der Waals surface area (Å²) in [6.45, 7) is 1.41. The smallest absolute Gasteiger partial charge is 0.260 e. The number of aryl methyl sites for hydroxylation is 1. The van der Waals surface area contributed by atoms with Gasteiger partial charge in [-0.1, -0.05) is 15.9 Å². The minimum atomic E-state index is -0.0849. The van der Waals surface area contributed by atoms with Crippen molar-refractivity contribution in [2.45, 2.75) is 25.9 Å². The molecule has 1 aliphatic heterocycles. The molecule has 0 saturated heterocycles. The van der Waals surface area contributed by atoms with Crippen molar-refractivity contribution in [1.82, 2.24) is 19.7 Å². The summed E-state index contributed by atoms with van der Waals surface area (Å²) in [4.78, 5) is 13.8. The molecular formula is C15H17BrN4O2. The fourth-order valence-corrected chi connectivity index (χ4v) is 2.68. The lowest BCUT2D eigenvalue weighted by Crippen LogP contribution is -2.32. The van der Waals surface area contributed by atoms with Crippen LogP contribution in [0.1, 0.15) is 18.1 Å². The molecular weight excluding hydrogens is 348 g/mol. The molecule has 2 heterocycles. The number of halogens is 1.